The molecule has 0 radical (unpaired) electrons. The first-order chi connectivity index (χ1) is 18.9. The lowest BCUT2D eigenvalue weighted by molar-refractivity contribution is -0.130. The highest BCUT2D eigenvalue weighted by atomic mass is 16.6. The fourth-order valence-electron chi connectivity index (χ4n) is 4.14. The van der Waals surface area contributed by atoms with Gasteiger partial charge >= 0.3 is 11.9 Å². The Morgan fingerprint density at radius 3 is 1.28 bits per heavy atom. The summed E-state index contributed by atoms with van der Waals surface area (Å²) in [4.78, 5) is 24.4. The summed E-state index contributed by atoms with van der Waals surface area (Å²) in [5, 5.41) is 0. The molecule has 0 saturated carbocycles. The zero-order valence-corrected chi connectivity index (χ0v) is 24.0. The lowest BCUT2D eigenvalue weighted by atomic mass is 9.87. The third-order valence-electron chi connectivity index (χ3n) is 5.55. The van der Waals surface area contributed by atoms with E-state index in [1.54, 1.807) is 38.1 Å². The van der Waals surface area contributed by atoms with E-state index < -0.39 is 11.9 Å². The summed E-state index contributed by atoms with van der Waals surface area (Å²) in [6, 6.07) is 7.17. The first-order valence-corrected chi connectivity index (χ1v) is 13.4. The SMILES string of the molecule is CC=CC(=O)Oc1ccc(C(CC)c2ccc(OC(=O)C=CC)c(OCC)c2OCC)c(OCC)c1OCC. The van der Waals surface area contributed by atoms with Crippen LogP contribution in [-0.4, -0.2) is 38.4 Å². The molecule has 0 aliphatic rings. The van der Waals surface area contributed by atoms with Gasteiger partial charge in [0.1, 0.15) is 0 Å². The third kappa shape index (κ3) is 8.02. The van der Waals surface area contributed by atoms with Crippen molar-refractivity contribution in [3.63, 3.8) is 0 Å². The molecular weight excluding hydrogens is 500 g/mol. The van der Waals surface area contributed by atoms with E-state index in [2.05, 4.69) is 6.92 Å². The van der Waals surface area contributed by atoms with E-state index in [0.717, 1.165) is 11.1 Å². The van der Waals surface area contributed by atoms with Crippen LogP contribution in [0.4, 0.5) is 0 Å². The average Bonchev–Trinajstić information content (AvgIpc) is 2.90. The molecule has 0 aliphatic heterocycles. The Bertz CT molecular complexity index is 1080. The Morgan fingerprint density at radius 2 is 0.974 bits per heavy atom. The van der Waals surface area contributed by atoms with Gasteiger partial charge < -0.3 is 28.4 Å². The molecule has 8 nitrogen and oxygen atoms in total. The molecule has 0 saturated heterocycles. The molecule has 212 valence electrons. The molecule has 0 unspecified atom stereocenters. The van der Waals surface area contributed by atoms with Crippen molar-refractivity contribution in [3.05, 3.63) is 59.7 Å². The largest absolute Gasteiger partial charge is 0.490 e. The highest BCUT2D eigenvalue weighted by molar-refractivity contribution is 5.85. The summed E-state index contributed by atoms with van der Waals surface area (Å²) < 4.78 is 35.2. The van der Waals surface area contributed by atoms with Crippen molar-refractivity contribution in [2.24, 2.45) is 0 Å². The van der Waals surface area contributed by atoms with Crippen LogP contribution in [0.5, 0.6) is 34.5 Å². The van der Waals surface area contributed by atoms with Gasteiger partial charge in [-0.25, -0.2) is 9.59 Å². The lowest BCUT2D eigenvalue weighted by Crippen LogP contribution is -2.12. The van der Waals surface area contributed by atoms with Gasteiger partial charge in [0.15, 0.2) is 23.0 Å². The zero-order chi connectivity index (χ0) is 28.8. The van der Waals surface area contributed by atoms with Gasteiger partial charge in [-0.3, -0.25) is 0 Å². The molecule has 0 bridgehead atoms. The summed E-state index contributed by atoms with van der Waals surface area (Å²) in [6.45, 7) is 14.4. The number of esters is 2. The first-order valence-electron chi connectivity index (χ1n) is 13.4. The normalized spacial score (nSPS) is 11.9. The van der Waals surface area contributed by atoms with E-state index in [0.29, 0.717) is 55.8 Å². The van der Waals surface area contributed by atoms with Crippen LogP contribution in [0.1, 0.15) is 71.9 Å². The molecule has 2 aromatic rings. The van der Waals surface area contributed by atoms with Gasteiger partial charge in [-0.05, 0) is 60.1 Å². The maximum atomic E-state index is 12.2. The maximum Gasteiger partial charge on any atom is 0.335 e. The standard InChI is InChI=1S/C31H40O8/c1-8-15-26(32)38-24-19-17-22(28(34-11-4)30(24)36-13-6)21(10-3)23-18-20-25(39-27(33)16-9-2)31(37-14-7)29(23)35-12-5/h8-9,15-21H,10-14H2,1-7H3. The topological polar surface area (TPSA) is 89.5 Å². The van der Waals surface area contributed by atoms with Crippen molar-refractivity contribution >= 4 is 11.9 Å². The van der Waals surface area contributed by atoms with Crippen molar-refractivity contribution in [2.75, 3.05) is 26.4 Å². The van der Waals surface area contributed by atoms with E-state index in [-0.39, 0.29) is 17.4 Å². The second-order valence-electron chi connectivity index (χ2n) is 8.16. The molecule has 0 aromatic heterocycles. The summed E-state index contributed by atoms with van der Waals surface area (Å²) in [5.74, 6) is 0.990. The number of allylic oxidation sites excluding steroid dienone is 2. The summed E-state index contributed by atoms with van der Waals surface area (Å²) in [6.07, 6.45) is 6.57. The van der Waals surface area contributed by atoms with E-state index in [4.69, 9.17) is 28.4 Å². The fraction of sp³-hybridized carbons (Fsp3) is 0.419. The van der Waals surface area contributed by atoms with E-state index >= 15 is 0 Å². The molecule has 2 rings (SSSR count). The Labute approximate surface area is 231 Å². The van der Waals surface area contributed by atoms with Gasteiger partial charge in [0, 0.05) is 29.2 Å². The highest BCUT2D eigenvalue weighted by Crippen LogP contribution is 2.50. The highest BCUT2D eigenvalue weighted by Gasteiger charge is 2.29. The van der Waals surface area contributed by atoms with Gasteiger partial charge in [-0.2, -0.15) is 0 Å². The molecule has 0 atom stereocenters. The molecule has 2 aromatic carbocycles. The Morgan fingerprint density at radius 1 is 0.615 bits per heavy atom. The third-order valence-corrected chi connectivity index (χ3v) is 5.55. The van der Waals surface area contributed by atoms with Gasteiger partial charge in [0.25, 0.3) is 0 Å². The Hall–Kier alpha value is -3.94. The zero-order valence-electron chi connectivity index (χ0n) is 24.0. The van der Waals surface area contributed by atoms with Crippen LogP contribution in [0.3, 0.4) is 0 Å². The van der Waals surface area contributed by atoms with Crippen molar-refractivity contribution in [3.8, 4) is 34.5 Å². The van der Waals surface area contributed by atoms with Gasteiger partial charge in [-0.15, -0.1) is 0 Å². The van der Waals surface area contributed by atoms with Crippen LogP contribution >= 0.6 is 0 Å². The second-order valence-corrected chi connectivity index (χ2v) is 8.16. The van der Waals surface area contributed by atoms with Crippen molar-refractivity contribution in [2.45, 2.75) is 60.8 Å². The van der Waals surface area contributed by atoms with E-state index in [1.807, 2.05) is 39.8 Å². The predicted molar refractivity (Wildman–Crippen MR) is 151 cm³/mol. The van der Waals surface area contributed by atoms with Crippen LogP contribution in [0, 0.1) is 0 Å². The predicted octanol–water partition coefficient (Wildman–Crippen LogP) is 6.79. The molecular formula is C31H40O8. The van der Waals surface area contributed by atoms with Crippen molar-refractivity contribution in [1.29, 1.82) is 0 Å². The number of benzene rings is 2. The number of carbonyl (C=O) groups excluding carboxylic acids is 2. The minimum atomic E-state index is -0.510. The minimum Gasteiger partial charge on any atom is -0.490 e. The smallest absolute Gasteiger partial charge is 0.335 e. The molecule has 0 amide bonds. The fourth-order valence-corrected chi connectivity index (χ4v) is 4.14. The number of ether oxygens (including phenoxy) is 6. The monoisotopic (exact) mass is 540 g/mol. The Kier molecular flexibility index (Phi) is 12.9. The summed E-state index contributed by atoms with van der Waals surface area (Å²) in [5.41, 5.74) is 1.66. The number of carbonyl (C=O) groups is 2. The number of hydrogen-bond acceptors (Lipinski definition) is 8. The van der Waals surface area contributed by atoms with Crippen LogP contribution in [-0.2, 0) is 9.59 Å². The molecule has 0 fully saturated rings. The second kappa shape index (κ2) is 16.1. The molecule has 0 spiro atoms. The average molecular weight is 541 g/mol. The van der Waals surface area contributed by atoms with Crippen LogP contribution in [0.15, 0.2) is 48.6 Å². The van der Waals surface area contributed by atoms with Crippen LogP contribution < -0.4 is 28.4 Å². The quantitative estimate of drug-likeness (QED) is 0.139. The first kappa shape index (κ1) is 31.3. The van der Waals surface area contributed by atoms with E-state index in [9.17, 15) is 9.59 Å². The van der Waals surface area contributed by atoms with Gasteiger partial charge in [0.05, 0.1) is 26.4 Å². The van der Waals surface area contributed by atoms with Gasteiger partial charge in [-0.1, -0.05) is 31.2 Å². The summed E-state index contributed by atoms with van der Waals surface area (Å²) >= 11 is 0. The number of rotatable bonds is 15. The van der Waals surface area contributed by atoms with Crippen LogP contribution in [0.25, 0.3) is 0 Å². The lowest BCUT2D eigenvalue weighted by Gasteiger charge is -2.26. The van der Waals surface area contributed by atoms with Crippen molar-refractivity contribution in [1.82, 2.24) is 0 Å². The van der Waals surface area contributed by atoms with E-state index in [1.165, 1.54) is 12.2 Å². The minimum absolute atomic E-state index is 0.216. The van der Waals surface area contributed by atoms with Gasteiger partial charge in [0.2, 0.25) is 11.5 Å². The summed E-state index contributed by atoms with van der Waals surface area (Å²) in [7, 11) is 0. The Balaban J connectivity index is 2.77. The molecule has 8 heteroatoms. The molecule has 0 aliphatic carbocycles. The molecule has 39 heavy (non-hydrogen) atoms. The van der Waals surface area contributed by atoms with Crippen molar-refractivity contribution < 1.29 is 38.0 Å². The molecule has 0 heterocycles. The maximum absolute atomic E-state index is 12.2. The molecule has 0 N–H and O–H groups in total. The van der Waals surface area contributed by atoms with Crippen LogP contribution in [0.2, 0.25) is 0 Å². The number of hydrogen-bond donors (Lipinski definition) is 0.